The highest BCUT2D eigenvalue weighted by molar-refractivity contribution is 8.00. The van der Waals surface area contributed by atoms with Gasteiger partial charge in [0.05, 0.1) is 10.8 Å². The van der Waals surface area contributed by atoms with Crippen LogP contribution in [-0.2, 0) is 4.79 Å². The van der Waals surface area contributed by atoms with Crippen molar-refractivity contribution in [2.24, 2.45) is 0 Å². The first-order valence-corrected chi connectivity index (χ1v) is 11.6. The first kappa shape index (κ1) is 23.4. The zero-order valence-corrected chi connectivity index (χ0v) is 19.8. The summed E-state index contributed by atoms with van der Waals surface area (Å²) in [6, 6.07) is 20.9. The number of nitrogens with one attached hydrogen (secondary N) is 1. The molecule has 0 radical (unpaired) electrons. The number of ketones is 1. The van der Waals surface area contributed by atoms with Crippen LogP contribution >= 0.6 is 11.8 Å². The summed E-state index contributed by atoms with van der Waals surface area (Å²) in [6.45, 7) is 5.24. The number of carbonyl (C=O) groups excluding carboxylic acids is 2. The predicted octanol–water partition coefficient (Wildman–Crippen LogP) is 5.70. The topological polar surface area (TPSA) is 76.9 Å². The molecular formula is C26H23FN4O2S. The van der Waals surface area contributed by atoms with Gasteiger partial charge in [-0.1, -0.05) is 41.6 Å². The molecule has 0 spiro atoms. The van der Waals surface area contributed by atoms with Crippen LogP contribution in [0.15, 0.2) is 78.0 Å². The molecule has 172 valence electrons. The number of aryl methyl sites for hydroxylation is 1. The van der Waals surface area contributed by atoms with Crippen molar-refractivity contribution < 1.29 is 14.0 Å². The second-order valence-corrected chi connectivity index (χ2v) is 9.15. The summed E-state index contributed by atoms with van der Waals surface area (Å²) in [5, 5.41) is 11.3. The zero-order chi connectivity index (χ0) is 24.2. The average Bonchev–Trinajstić information content (AvgIpc) is 3.23. The molecule has 1 heterocycles. The standard InChI is InChI=1S/C26H23FN4O2S/c1-16-8-14-21(15-9-16)31-24(22-6-4-5-7-23(22)27)29-30-26(31)34-18(3)25(33)28-20-12-10-19(11-13-20)17(2)32/h4-15,18H,1-3H3,(H,28,33). The van der Waals surface area contributed by atoms with E-state index >= 15 is 0 Å². The van der Waals surface area contributed by atoms with Crippen molar-refractivity contribution >= 4 is 29.1 Å². The maximum absolute atomic E-state index is 14.6. The molecule has 0 saturated carbocycles. The Kier molecular flexibility index (Phi) is 6.88. The molecule has 0 saturated heterocycles. The van der Waals surface area contributed by atoms with E-state index in [2.05, 4.69) is 15.5 Å². The smallest absolute Gasteiger partial charge is 0.237 e. The van der Waals surface area contributed by atoms with E-state index in [0.717, 1.165) is 11.3 Å². The monoisotopic (exact) mass is 474 g/mol. The van der Waals surface area contributed by atoms with Crippen molar-refractivity contribution in [1.82, 2.24) is 14.8 Å². The fourth-order valence-corrected chi connectivity index (χ4v) is 4.20. The van der Waals surface area contributed by atoms with E-state index < -0.39 is 11.1 Å². The Bertz CT molecular complexity index is 1330. The van der Waals surface area contributed by atoms with Crippen molar-refractivity contribution in [3.8, 4) is 17.1 Å². The van der Waals surface area contributed by atoms with Gasteiger partial charge in [0, 0.05) is 16.9 Å². The first-order valence-electron chi connectivity index (χ1n) is 10.7. The van der Waals surface area contributed by atoms with E-state index in [1.165, 1.54) is 24.8 Å². The zero-order valence-electron chi connectivity index (χ0n) is 18.9. The molecule has 0 aliphatic heterocycles. The fourth-order valence-electron chi connectivity index (χ4n) is 3.33. The van der Waals surface area contributed by atoms with E-state index in [1.54, 1.807) is 54.0 Å². The summed E-state index contributed by atoms with van der Waals surface area (Å²) in [7, 11) is 0. The van der Waals surface area contributed by atoms with Crippen LogP contribution in [0.2, 0.25) is 0 Å². The largest absolute Gasteiger partial charge is 0.325 e. The van der Waals surface area contributed by atoms with E-state index in [-0.39, 0.29) is 11.7 Å². The van der Waals surface area contributed by atoms with Gasteiger partial charge < -0.3 is 5.32 Å². The molecule has 1 unspecified atom stereocenters. The minimum absolute atomic E-state index is 0.0390. The third-order valence-electron chi connectivity index (χ3n) is 5.25. The lowest BCUT2D eigenvalue weighted by Crippen LogP contribution is -2.23. The van der Waals surface area contributed by atoms with Gasteiger partial charge in [0.1, 0.15) is 5.82 Å². The third-order valence-corrected chi connectivity index (χ3v) is 6.29. The average molecular weight is 475 g/mol. The molecule has 0 aliphatic rings. The van der Waals surface area contributed by atoms with Crippen LogP contribution in [0.4, 0.5) is 10.1 Å². The number of anilines is 1. The van der Waals surface area contributed by atoms with E-state index in [1.807, 2.05) is 31.2 Å². The highest BCUT2D eigenvalue weighted by Crippen LogP contribution is 2.31. The van der Waals surface area contributed by atoms with Gasteiger partial charge in [0.2, 0.25) is 5.91 Å². The molecular weight excluding hydrogens is 451 g/mol. The molecule has 3 aromatic carbocycles. The molecule has 0 fully saturated rings. The van der Waals surface area contributed by atoms with Gasteiger partial charge in [-0.3, -0.25) is 14.2 Å². The fraction of sp³-hybridized carbons (Fsp3) is 0.154. The Labute approximate surface area is 201 Å². The molecule has 6 nitrogen and oxygen atoms in total. The Morgan fingerprint density at radius 2 is 1.65 bits per heavy atom. The summed E-state index contributed by atoms with van der Waals surface area (Å²) in [5.74, 6) is -0.314. The molecule has 1 amide bonds. The number of halogens is 1. The Morgan fingerprint density at radius 1 is 0.971 bits per heavy atom. The second-order valence-electron chi connectivity index (χ2n) is 7.84. The number of Topliss-reactive ketones (excluding diaryl/α,β-unsaturated/α-hetero) is 1. The van der Waals surface area contributed by atoms with Crippen LogP contribution in [0.25, 0.3) is 17.1 Å². The van der Waals surface area contributed by atoms with Crippen LogP contribution in [-0.4, -0.2) is 31.7 Å². The minimum Gasteiger partial charge on any atom is -0.325 e. The van der Waals surface area contributed by atoms with Crippen LogP contribution in [0.3, 0.4) is 0 Å². The number of hydrogen-bond acceptors (Lipinski definition) is 5. The van der Waals surface area contributed by atoms with Gasteiger partial charge in [-0.2, -0.15) is 0 Å². The van der Waals surface area contributed by atoms with Crippen LogP contribution < -0.4 is 5.32 Å². The Balaban J connectivity index is 1.62. The lowest BCUT2D eigenvalue weighted by atomic mass is 10.1. The van der Waals surface area contributed by atoms with Crippen LogP contribution in [0, 0.1) is 12.7 Å². The van der Waals surface area contributed by atoms with Gasteiger partial charge in [-0.15, -0.1) is 10.2 Å². The molecule has 1 N–H and O–H groups in total. The quantitative estimate of drug-likeness (QED) is 0.274. The van der Waals surface area contributed by atoms with Crippen molar-refractivity contribution in [3.63, 3.8) is 0 Å². The number of thioether (sulfide) groups is 1. The molecule has 8 heteroatoms. The summed E-state index contributed by atoms with van der Waals surface area (Å²) in [5.41, 5.74) is 3.35. The number of carbonyl (C=O) groups is 2. The van der Waals surface area contributed by atoms with Crippen molar-refractivity contribution in [1.29, 1.82) is 0 Å². The van der Waals surface area contributed by atoms with Crippen molar-refractivity contribution in [2.45, 2.75) is 31.2 Å². The van der Waals surface area contributed by atoms with E-state index in [4.69, 9.17) is 0 Å². The highest BCUT2D eigenvalue weighted by Gasteiger charge is 2.23. The molecule has 1 atom stereocenters. The van der Waals surface area contributed by atoms with E-state index in [9.17, 15) is 14.0 Å². The molecule has 4 rings (SSSR count). The second kappa shape index (κ2) is 10.0. The number of benzene rings is 3. The van der Waals surface area contributed by atoms with Gasteiger partial charge in [-0.05, 0) is 69.3 Å². The van der Waals surface area contributed by atoms with E-state index in [0.29, 0.717) is 27.8 Å². The maximum Gasteiger partial charge on any atom is 0.237 e. The molecule has 34 heavy (non-hydrogen) atoms. The maximum atomic E-state index is 14.6. The van der Waals surface area contributed by atoms with Gasteiger partial charge in [0.15, 0.2) is 16.8 Å². The lowest BCUT2D eigenvalue weighted by Gasteiger charge is -2.14. The van der Waals surface area contributed by atoms with Crippen LogP contribution in [0.1, 0.15) is 29.8 Å². The highest BCUT2D eigenvalue weighted by atomic mass is 32.2. The number of rotatable bonds is 7. The molecule has 4 aromatic rings. The minimum atomic E-state index is -0.519. The number of aromatic nitrogens is 3. The third kappa shape index (κ3) is 5.07. The first-order chi connectivity index (χ1) is 16.3. The van der Waals surface area contributed by atoms with Gasteiger partial charge >= 0.3 is 0 Å². The summed E-state index contributed by atoms with van der Waals surface area (Å²) >= 11 is 1.23. The normalized spacial score (nSPS) is 11.8. The number of hydrogen-bond donors (Lipinski definition) is 1. The molecule has 0 bridgehead atoms. The Hall–Kier alpha value is -3.78. The lowest BCUT2D eigenvalue weighted by molar-refractivity contribution is -0.115. The summed E-state index contributed by atoms with van der Waals surface area (Å²) in [6.07, 6.45) is 0. The van der Waals surface area contributed by atoms with Crippen molar-refractivity contribution in [3.05, 3.63) is 89.7 Å². The molecule has 1 aromatic heterocycles. The SMILES string of the molecule is CC(=O)c1ccc(NC(=O)C(C)Sc2nnc(-c3ccccc3F)n2-c2ccc(C)cc2)cc1. The van der Waals surface area contributed by atoms with Gasteiger partial charge in [-0.25, -0.2) is 4.39 Å². The summed E-state index contributed by atoms with van der Waals surface area (Å²) < 4.78 is 16.3. The Morgan fingerprint density at radius 3 is 2.29 bits per heavy atom. The van der Waals surface area contributed by atoms with Crippen LogP contribution in [0.5, 0.6) is 0 Å². The number of amides is 1. The van der Waals surface area contributed by atoms with Gasteiger partial charge in [0.25, 0.3) is 0 Å². The predicted molar refractivity (Wildman–Crippen MR) is 132 cm³/mol. The number of nitrogens with zero attached hydrogens (tertiary/aromatic N) is 3. The van der Waals surface area contributed by atoms with Crippen molar-refractivity contribution in [2.75, 3.05) is 5.32 Å². The summed E-state index contributed by atoms with van der Waals surface area (Å²) in [4.78, 5) is 24.3. The molecule has 0 aliphatic carbocycles.